The molecule has 1 N–H and O–H groups in total. The van der Waals surface area contributed by atoms with Gasteiger partial charge in [-0.05, 0) is 31.0 Å². The van der Waals surface area contributed by atoms with Crippen LogP contribution in [0.25, 0.3) is 0 Å². The summed E-state index contributed by atoms with van der Waals surface area (Å²) in [6, 6.07) is 4.14. The number of carbonyl (C=O) groups excluding carboxylic acids is 1. The van der Waals surface area contributed by atoms with Crippen molar-refractivity contribution < 1.29 is 17.9 Å². The number of fused-ring (bicyclic) bond motifs is 1. The summed E-state index contributed by atoms with van der Waals surface area (Å²) in [5.41, 5.74) is 0.670. The van der Waals surface area contributed by atoms with Crippen LogP contribution in [0.3, 0.4) is 0 Å². The van der Waals surface area contributed by atoms with Gasteiger partial charge in [-0.1, -0.05) is 12.8 Å². The number of benzene rings is 1. The van der Waals surface area contributed by atoms with Crippen molar-refractivity contribution in [3.63, 3.8) is 0 Å². The molecule has 1 atom stereocenters. The van der Waals surface area contributed by atoms with Crippen molar-refractivity contribution in [2.45, 2.75) is 36.6 Å². The summed E-state index contributed by atoms with van der Waals surface area (Å²) in [6.07, 6.45) is 4.01. The second-order valence-corrected chi connectivity index (χ2v) is 8.06. The van der Waals surface area contributed by atoms with Gasteiger partial charge >= 0.3 is 0 Å². The first kappa shape index (κ1) is 14.7. The van der Waals surface area contributed by atoms with Gasteiger partial charge in [0, 0.05) is 22.2 Å². The lowest BCUT2D eigenvalue weighted by molar-refractivity contribution is -0.125. The summed E-state index contributed by atoms with van der Waals surface area (Å²) in [6.45, 7) is 0.319. The van der Waals surface area contributed by atoms with E-state index in [0.717, 1.165) is 25.7 Å². The van der Waals surface area contributed by atoms with E-state index in [9.17, 15) is 13.2 Å². The Morgan fingerprint density at radius 1 is 1.29 bits per heavy atom. The predicted molar refractivity (Wildman–Crippen MR) is 77.8 cm³/mol. The zero-order valence-electron chi connectivity index (χ0n) is 11.3. The Morgan fingerprint density at radius 3 is 2.67 bits per heavy atom. The normalized spacial score (nSPS) is 21.9. The van der Waals surface area contributed by atoms with Gasteiger partial charge in [-0.2, -0.15) is 0 Å². The fraction of sp³-hybridized carbons (Fsp3) is 0.500. The maximum atomic E-state index is 12.2. The number of ether oxygens (including phenoxy) is 1. The molecule has 2 aliphatic rings. The van der Waals surface area contributed by atoms with Gasteiger partial charge in [0.25, 0.3) is 9.05 Å². The van der Waals surface area contributed by atoms with Gasteiger partial charge in [0.05, 0.1) is 10.9 Å². The molecule has 21 heavy (non-hydrogen) atoms. The van der Waals surface area contributed by atoms with Crippen LogP contribution in [0, 0.1) is 5.92 Å². The number of hydrogen-bond donors (Lipinski definition) is 1. The Kier molecular flexibility index (Phi) is 3.84. The molecule has 114 valence electrons. The lowest BCUT2D eigenvalue weighted by Gasteiger charge is -2.15. The zero-order valence-corrected chi connectivity index (χ0v) is 12.9. The smallest absolute Gasteiger partial charge is 0.261 e. The summed E-state index contributed by atoms with van der Waals surface area (Å²) >= 11 is 0. The average Bonchev–Trinajstić information content (AvgIpc) is 3.07. The first-order valence-corrected chi connectivity index (χ1v) is 9.28. The number of hydrogen-bond acceptors (Lipinski definition) is 4. The quantitative estimate of drug-likeness (QED) is 0.864. The van der Waals surface area contributed by atoms with Crippen molar-refractivity contribution in [1.82, 2.24) is 5.32 Å². The predicted octanol–water partition coefficient (Wildman–Crippen LogP) is 2.35. The molecule has 3 rings (SSSR count). The molecule has 0 saturated heterocycles. The van der Waals surface area contributed by atoms with E-state index in [4.69, 9.17) is 15.4 Å². The van der Waals surface area contributed by atoms with Crippen molar-refractivity contribution in [3.05, 3.63) is 23.8 Å². The van der Waals surface area contributed by atoms with Crippen molar-refractivity contribution in [1.29, 1.82) is 0 Å². The molecule has 0 radical (unpaired) electrons. The van der Waals surface area contributed by atoms with Crippen LogP contribution in [-0.2, 0) is 13.8 Å². The van der Waals surface area contributed by atoms with Crippen LogP contribution in [0.4, 0.5) is 0 Å². The van der Waals surface area contributed by atoms with Crippen LogP contribution in [0.2, 0.25) is 0 Å². The highest BCUT2D eigenvalue weighted by atomic mass is 35.7. The fourth-order valence-corrected chi connectivity index (χ4v) is 3.73. The highest BCUT2D eigenvalue weighted by Gasteiger charge is 2.30. The number of halogens is 1. The molecule has 0 aromatic heterocycles. The fourth-order valence-electron chi connectivity index (χ4n) is 2.94. The lowest BCUT2D eigenvalue weighted by atomic mass is 10.0. The minimum absolute atomic E-state index is 0.0214. The van der Waals surface area contributed by atoms with Crippen LogP contribution in [0.5, 0.6) is 5.75 Å². The summed E-state index contributed by atoms with van der Waals surface area (Å²) < 4.78 is 28.3. The number of nitrogens with one attached hydrogen (secondary N) is 1. The molecular formula is C14H16ClNO4S. The first-order chi connectivity index (χ1) is 9.95. The van der Waals surface area contributed by atoms with Gasteiger partial charge in [-0.3, -0.25) is 4.79 Å². The number of carbonyl (C=O) groups is 1. The van der Waals surface area contributed by atoms with E-state index in [1.54, 1.807) is 6.07 Å². The standard InChI is InChI=1S/C14H16ClNO4S/c15-21(18,19)10-5-6-13-11(7-10)12(8-20-13)16-14(17)9-3-1-2-4-9/h5-7,9,12H,1-4,8H2,(H,16,17). The molecule has 1 heterocycles. The molecule has 1 saturated carbocycles. The summed E-state index contributed by atoms with van der Waals surface area (Å²) in [5, 5.41) is 2.95. The molecule has 1 aromatic carbocycles. The van der Waals surface area contributed by atoms with Gasteiger partial charge in [0.15, 0.2) is 0 Å². The summed E-state index contributed by atoms with van der Waals surface area (Å²) in [4.78, 5) is 12.2. The van der Waals surface area contributed by atoms with Crippen molar-refractivity contribution in [3.8, 4) is 5.75 Å². The Hall–Kier alpha value is -1.27. The maximum Gasteiger partial charge on any atom is 0.261 e. The lowest BCUT2D eigenvalue weighted by Crippen LogP contribution is -2.33. The Labute approximate surface area is 128 Å². The van der Waals surface area contributed by atoms with Crippen molar-refractivity contribution in [2.24, 2.45) is 5.92 Å². The van der Waals surface area contributed by atoms with Gasteiger partial charge in [-0.25, -0.2) is 8.42 Å². The molecule has 1 aliphatic carbocycles. The molecule has 1 aromatic rings. The van der Waals surface area contributed by atoms with E-state index in [1.807, 2.05) is 0 Å². The van der Waals surface area contributed by atoms with E-state index >= 15 is 0 Å². The van der Waals surface area contributed by atoms with Gasteiger partial charge in [0.2, 0.25) is 5.91 Å². The largest absolute Gasteiger partial charge is 0.491 e. The van der Waals surface area contributed by atoms with Gasteiger partial charge < -0.3 is 10.1 Å². The zero-order chi connectivity index (χ0) is 15.0. The van der Waals surface area contributed by atoms with E-state index < -0.39 is 9.05 Å². The highest BCUT2D eigenvalue weighted by Crippen LogP contribution is 2.35. The summed E-state index contributed by atoms with van der Waals surface area (Å²) in [7, 11) is 1.57. The van der Waals surface area contributed by atoms with Crippen molar-refractivity contribution in [2.75, 3.05) is 6.61 Å². The minimum Gasteiger partial charge on any atom is -0.491 e. The number of rotatable bonds is 3. The number of amides is 1. The summed E-state index contributed by atoms with van der Waals surface area (Å²) in [5.74, 6) is 0.679. The van der Waals surface area contributed by atoms with Crippen molar-refractivity contribution >= 4 is 25.6 Å². The Morgan fingerprint density at radius 2 is 2.00 bits per heavy atom. The third-order valence-electron chi connectivity index (χ3n) is 4.09. The molecule has 1 amide bonds. The van der Waals surface area contributed by atoms with Crippen LogP contribution in [0.15, 0.2) is 23.1 Å². The van der Waals surface area contributed by atoms with E-state index in [1.165, 1.54) is 12.1 Å². The van der Waals surface area contributed by atoms with Crippen LogP contribution < -0.4 is 10.1 Å². The average molecular weight is 330 g/mol. The third kappa shape index (κ3) is 3.01. The molecule has 5 nitrogen and oxygen atoms in total. The molecular weight excluding hydrogens is 314 g/mol. The van der Waals surface area contributed by atoms with E-state index in [-0.39, 0.29) is 22.8 Å². The second-order valence-electron chi connectivity index (χ2n) is 5.49. The first-order valence-electron chi connectivity index (χ1n) is 6.97. The Balaban J connectivity index is 1.80. The van der Waals surface area contributed by atoms with Crippen LogP contribution in [0.1, 0.15) is 37.3 Å². The van der Waals surface area contributed by atoms with E-state index in [2.05, 4.69) is 5.32 Å². The Bertz CT molecular complexity index is 668. The van der Waals surface area contributed by atoms with E-state index in [0.29, 0.717) is 17.9 Å². The monoisotopic (exact) mass is 329 g/mol. The molecule has 1 unspecified atom stereocenters. The minimum atomic E-state index is -3.79. The van der Waals surface area contributed by atoms with Gasteiger partial charge in [0.1, 0.15) is 12.4 Å². The topological polar surface area (TPSA) is 72.5 Å². The SMILES string of the molecule is O=C(NC1COc2ccc(S(=O)(=O)Cl)cc21)C1CCCC1. The van der Waals surface area contributed by atoms with Crippen LogP contribution in [-0.4, -0.2) is 20.9 Å². The highest BCUT2D eigenvalue weighted by molar-refractivity contribution is 8.13. The van der Waals surface area contributed by atoms with Gasteiger partial charge in [-0.15, -0.1) is 0 Å². The molecule has 1 fully saturated rings. The molecule has 0 bridgehead atoms. The molecule has 7 heteroatoms. The third-order valence-corrected chi connectivity index (χ3v) is 5.44. The van der Waals surface area contributed by atoms with Crippen LogP contribution >= 0.6 is 10.7 Å². The maximum absolute atomic E-state index is 12.2. The second kappa shape index (κ2) is 5.50. The molecule has 1 aliphatic heterocycles. The molecule has 0 spiro atoms.